The molecule has 5 heteroatoms. The Morgan fingerprint density at radius 2 is 1.80 bits per heavy atom. The zero-order chi connectivity index (χ0) is 22.2. The third-order valence-electron chi connectivity index (χ3n) is 5.88. The molecule has 0 radical (unpaired) electrons. The number of rotatable bonds is 17. The topological polar surface area (TPSA) is 52.6 Å². The number of allylic oxidation sites excluding steroid dienone is 2. The molecule has 1 aliphatic carbocycles. The summed E-state index contributed by atoms with van der Waals surface area (Å²) in [6.07, 6.45) is 14.6. The summed E-state index contributed by atoms with van der Waals surface area (Å²) in [6, 6.07) is 0. The van der Waals surface area contributed by atoms with Gasteiger partial charge in [0.05, 0.1) is 7.11 Å². The van der Waals surface area contributed by atoms with Crippen molar-refractivity contribution in [2.75, 3.05) is 12.9 Å². The molecular weight excluding hydrogens is 396 g/mol. The molecule has 0 aromatic heterocycles. The minimum absolute atomic E-state index is 0.0859. The van der Waals surface area contributed by atoms with Gasteiger partial charge in [-0.1, -0.05) is 59.3 Å². The van der Waals surface area contributed by atoms with Crippen LogP contribution >= 0.6 is 11.8 Å². The van der Waals surface area contributed by atoms with Crippen molar-refractivity contribution in [3.63, 3.8) is 0 Å². The smallest absolute Gasteiger partial charge is 0.310 e. The SMILES string of the molecule is CCCCCC(C)CCC1CCC(OC(=O)CCC)=C1SCCCCCC(=O)OC. The van der Waals surface area contributed by atoms with Gasteiger partial charge in [0, 0.05) is 24.2 Å². The first-order valence-electron chi connectivity index (χ1n) is 12.1. The second-order valence-electron chi connectivity index (χ2n) is 8.66. The van der Waals surface area contributed by atoms with E-state index in [0.717, 1.165) is 56.0 Å². The summed E-state index contributed by atoms with van der Waals surface area (Å²) in [5, 5.41) is 0. The molecule has 0 aromatic rings. The molecule has 1 aliphatic rings. The second kappa shape index (κ2) is 16.7. The van der Waals surface area contributed by atoms with E-state index in [4.69, 9.17) is 9.47 Å². The second-order valence-corrected chi connectivity index (χ2v) is 9.80. The standard InChI is InChI=1S/C25H44O4S/c1-5-7-9-13-20(3)15-16-21-17-18-22(29-24(27)12-6-2)25(21)30-19-11-8-10-14-23(26)28-4/h20-21H,5-19H2,1-4H3. The summed E-state index contributed by atoms with van der Waals surface area (Å²) in [7, 11) is 1.44. The van der Waals surface area contributed by atoms with Gasteiger partial charge in [0.25, 0.3) is 0 Å². The molecule has 30 heavy (non-hydrogen) atoms. The monoisotopic (exact) mass is 440 g/mol. The molecule has 0 saturated carbocycles. The Kier molecular flexibility index (Phi) is 15.1. The van der Waals surface area contributed by atoms with E-state index < -0.39 is 0 Å². The summed E-state index contributed by atoms with van der Waals surface area (Å²) >= 11 is 1.88. The molecule has 0 N–H and O–H groups in total. The van der Waals surface area contributed by atoms with Crippen LogP contribution in [-0.4, -0.2) is 24.8 Å². The van der Waals surface area contributed by atoms with Gasteiger partial charge < -0.3 is 9.47 Å². The fraction of sp³-hybridized carbons (Fsp3) is 0.840. The van der Waals surface area contributed by atoms with Crippen LogP contribution in [0.4, 0.5) is 0 Å². The molecule has 0 fully saturated rings. The van der Waals surface area contributed by atoms with Gasteiger partial charge in [-0.3, -0.25) is 9.59 Å². The van der Waals surface area contributed by atoms with Gasteiger partial charge in [-0.15, -0.1) is 11.8 Å². The summed E-state index contributed by atoms with van der Waals surface area (Å²) in [5.74, 6) is 3.07. The highest BCUT2D eigenvalue weighted by Gasteiger charge is 2.28. The lowest BCUT2D eigenvalue weighted by atomic mass is 9.93. The number of carbonyl (C=O) groups excluding carboxylic acids is 2. The van der Waals surface area contributed by atoms with Gasteiger partial charge in [0.2, 0.25) is 0 Å². The highest BCUT2D eigenvalue weighted by Crippen LogP contribution is 2.43. The zero-order valence-corrected chi connectivity index (χ0v) is 20.6. The van der Waals surface area contributed by atoms with Crippen LogP contribution in [0.2, 0.25) is 0 Å². The molecule has 0 bridgehead atoms. The lowest BCUT2D eigenvalue weighted by Gasteiger charge is -2.18. The number of unbranched alkanes of at least 4 members (excludes halogenated alkanes) is 4. The van der Waals surface area contributed by atoms with E-state index in [9.17, 15) is 9.59 Å². The van der Waals surface area contributed by atoms with E-state index >= 15 is 0 Å². The maximum absolute atomic E-state index is 12.1. The van der Waals surface area contributed by atoms with Crippen LogP contribution in [0.3, 0.4) is 0 Å². The molecule has 1 rings (SSSR count). The average molecular weight is 441 g/mol. The summed E-state index contributed by atoms with van der Waals surface area (Å²) in [6.45, 7) is 6.65. The number of hydrogen-bond donors (Lipinski definition) is 0. The summed E-state index contributed by atoms with van der Waals surface area (Å²) < 4.78 is 10.5. The van der Waals surface area contributed by atoms with Gasteiger partial charge in [-0.2, -0.15) is 0 Å². The molecule has 174 valence electrons. The number of esters is 2. The Bertz CT molecular complexity index is 529. The quantitative estimate of drug-likeness (QED) is 0.174. The lowest BCUT2D eigenvalue weighted by Crippen LogP contribution is -2.05. The number of carbonyl (C=O) groups is 2. The first-order chi connectivity index (χ1) is 14.5. The van der Waals surface area contributed by atoms with Crippen molar-refractivity contribution in [2.24, 2.45) is 11.8 Å². The minimum Gasteiger partial charge on any atom is -0.469 e. The highest BCUT2D eigenvalue weighted by molar-refractivity contribution is 8.03. The van der Waals surface area contributed by atoms with Crippen molar-refractivity contribution in [2.45, 2.75) is 111 Å². The van der Waals surface area contributed by atoms with Crippen LogP contribution in [0.15, 0.2) is 10.7 Å². The fourth-order valence-electron chi connectivity index (χ4n) is 3.96. The average Bonchev–Trinajstić information content (AvgIpc) is 3.10. The number of ether oxygens (including phenoxy) is 2. The fourth-order valence-corrected chi connectivity index (χ4v) is 5.30. The van der Waals surface area contributed by atoms with E-state index in [0.29, 0.717) is 18.8 Å². The molecule has 0 aliphatic heterocycles. The van der Waals surface area contributed by atoms with Crippen LogP contribution in [0.25, 0.3) is 0 Å². The van der Waals surface area contributed by atoms with E-state index in [1.54, 1.807) is 0 Å². The van der Waals surface area contributed by atoms with E-state index in [1.165, 1.54) is 50.5 Å². The van der Waals surface area contributed by atoms with E-state index in [-0.39, 0.29) is 11.9 Å². The van der Waals surface area contributed by atoms with Crippen molar-refractivity contribution in [3.05, 3.63) is 10.7 Å². The first-order valence-corrected chi connectivity index (χ1v) is 13.1. The van der Waals surface area contributed by atoms with Crippen molar-refractivity contribution in [3.8, 4) is 0 Å². The normalized spacial score (nSPS) is 17.3. The largest absolute Gasteiger partial charge is 0.469 e. The summed E-state index contributed by atoms with van der Waals surface area (Å²) in [5.41, 5.74) is 0. The Morgan fingerprint density at radius 3 is 2.50 bits per heavy atom. The molecule has 0 heterocycles. The predicted octanol–water partition coefficient (Wildman–Crippen LogP) is 7.41. The molecule has 0 aromatic carbocycles. The van der Waals surface area contributed by atoms with Gasteiger partial charge in [-0.25, -0.2) is 0 Å². The van der Waals surface area contributed by atoms with Gasteiger partial charge >= 0.3 is 11.9 Å². The van der Waals surface area contributed by atoms with Crippen LogP contribution in [0.5, 0.6) is 0 Å². The number of thioether (sulfide) groups is 1. The summed E-state index contributed by atoms with van der Waals surface area (Å²) in [4.78, 5) is 24.6. The van der Waals surface area contributed by atoms with Crippen molar-refractivity contribution >= 4 is 23.7 Å². The molecule has 0 saturated heterocycles. The van der Waals surface area contributed by atoms with Crippen LogP contribution < -0.4 is 0 Å². The molecule has 0 spiro atoms. The number of hydrogen-bond acceptors (Lipinski definition) is 5. The third-order valence-corrected chi connectivity index (χ3v) is 7.24. The molecule has 2 unspecified atom stereocenters. The van der Waals surface area contributed by atoms with Crippen molar-refractivity contribution in [1.82, 2.24) is 0 Å². The lowest BCUT2D eigenvalue weighted by molar-refractivity contribution is -0.141. The van der Waals surface area contributed by atoms with Crippen LogP contribution in [-0.2, 0) is 19.1 Å². The maximum atomic E-state index is 12.1. The van der Waals surface area contributed by atoms with Crippen molar-refractivity contribution in [1.29, 1.82) is 0 Å². The Morgan fingerprint density at radius 1 is 1.00 bits per heavy atom. The zero-order valence-electron chi connectivity index (χ0n) is 19.8. The van der Waals surface area contributed by atoms with E-state index in [2.05, 4.69) is 13.8 Å². The predicted molar refractivity (Wildman–Crippen MR) is 126 cm³/mol. The Labute approximate surface area is 188 Å². The Balaban J connectivity index is 2.53. The maximum Gasteiger partial charge on any atom is 0.310 e. The van der Waals surface area contributed by atoms with Gasteiger partial charge in [0.1, 0.15) is 5.76 Å². The van der Waals surface area contributed by atoms with Crippen LogP contribution in [0, 0.1) is 11.8 Å². The minimum atomic E-state index is -0.126. The highest BCUT2D eigenvalue weighted by atomic mass is 32.2. The Hall–Kier alpha value is -0.970. The van der Waals surface area contributed by atoms with Crippen LogP contribution in [0.1, 0.15) is 111 Å². The molecule has 2 atom stereocenters. The number of methoxy groups -OCH3 is 1. The van der Waals surface area contributed by atoms with Gasteiger partial charge in [0.15, 0.2) is 0 Å². The molecule has 0 amide bonds. The first kappa shape index (κ1) is 27.1. The molecule has 4 nitrogen and oxygen atoms in total. The third kappa shape index (κ3) is 11.4. The van der Waals surface area contributed by atoms with E-state index in [1.807, 2.05) is 18.7 Å². The molecular formula is C25H44O4S. The van der Waals surface area contributed by atoms with Crippen molar-refractivity contribution < 1.29 is 19.1 Å². The van der Waals surface area contributed by atoms with Gasteiger partial charge in [-0.05, 0) is 49.7 Å².